The first-order valence-corrected chi connectivity index (χ1v) is 8.76. The summed E-state index contributed by atoms with van der Waals surface area (Å²) in [5.74, 6) is -1.82. The first kappa shape index (κ1) is 18.0. The Kier molecular flexibility index (Phi) is 4.39. The van der Waals surface area contributed by atoms with Crippen LogP contribution in [-0.2, 0) is 15.1 Å². The number of likely N-dealkylation sites (tertiary alicyclic amines) is 1. The lowest BCUT2D eigenvalue weighted by Gasteiger charge is -2.50. The van der Waals surface area contributed by atoms with Crippen LogP contribution in [0.15, 0.2) is 6.07 Å². The lowest BCUT2D eigenvalue weighted by atomic mass is 9.78. The van der Waals surface area contributed by atoms with E-state index in [1.54, 1.807) is 19.9 Å². The monoisotopic (exact) mass is 383 g/mol. The highest BCUT2D eigenvalue weighted by molar-refractivity contribution is 7.16. The number of hydrogen-bond acceptors (Lipinski definition) is 4. The van der Waals surface area contributed by atoms with Crippen molar-refractivity contribution in [3.63, 3.8) is 0 Å². The smallest absolute Gasteiger partial charge is 0.386 e. The van der Waals surface area contributed by atoms with Crippen LogP contribution in [0.5, 0.6) is 0 Å². The van der Waals surface area contributed by atoms with Crippen molar-refractivity contribution in [1.82, 2.24) is 4.90 Å². The summed E-state index contributed by atoms with van der Waals surface area (Å²) in [6.45, 7) is 3.24. The van der Waals surface area contributed by atoms with E-state index < -0.39 is 35.9 Å². The molecule has 24 heavy (non-hydrogen) atoms. The first-order valence-electron chi connectivity index (χ1n) is 7.56. The minimum absolute atomic E-state index is 0.0622. The van der Waals surface area contributed by atoms with Crippen LogP contribution in [0.25, 0.3) is 0 Å². The fourth-order valence-corrected chi connectivity index (χ4v) is 5.34. The van der Waals surface area contributed by atoms with Crippen LogP contribution >= 0.6 is 22.9 Å². The van der Waals surface area contributed by atoms with Crippen molar-refractivity contribution >= 4 is 28.8 Å². The van der Waals surface area contributed by atoms with Crippen molar-refractivity contribution in [2.24, 2.45) is 0 Å². The summed E-state index contributed by atoms with van der Waals surface area (Å²) >= 11 is 7.34. The maximum atomic E-state index is 12.8. The number of fused-ring (bicyclic) bond motifs is 2. The zero-order valence-corrected chi connectivity index (χ0v) is 14.6. The summed E-state index contributed by atoms with van der Waals surface area (Å²) in [6, 6.07) is 0.387. The highest BCUT2D eigenvalue weighted by Crippen LogP contribution is 2.51. The number of aliphatic hydroxyl groups is 1. The maximum Gasteiger partial charge on any atom is 0.471 e. The Morgan fingerprint density at radius 1 is 1.42 bits per heavy atom. The molecule has 4 nitrogen and oxygen atoms in total. The van der Waals surface area contributed by atoms with E-state index in [1.165, 1.54) is 11.3 Å². The number of halogens is 4. The number of carbonyl (C=O) groups excluding carboxylic acids is 1. The van der Waals surface area contributed by atoms with Gasteiger partial charge in [0.25, 0.3) is 0 Å². The molecule has 2 aliphatic rings. The molecule has 0 saturated carbocycles. The quantitative estimate of drug-likeness (QED) is 0.744. The second-order valence-electron chi connectivity index (χ2n) is 6.47. The minimum Gasteiger partial charge on any atom is -0.386 e. The Labute approximate surface area is 146 Å². The average molecular weight is 384 g/mol. The van der Waals surface area contributed by atoms with Gasteiger partial charge in [0.2, 0.25) is 0 Å². The molecule has 3 unspecified atom stereocenters. The Morgan fingerprint density at radius 3 is 2.54 bits per heavy atom. The maximum absolute atomic E-state index is 12.8. The van der Waals surface area contributed by atoms with Gasteiger partial charge in [-0.1, -0.05) is 11.6 Å². The number of piperidine rings is 1. The largest absolute Gasteiger partial charge is 0.471 e. The van der Waals surface area contributed by atoms with Gasteiger partial charge in [-0.15, -0.1) is 11.3 Å². The van der Waals surface area contributed by atoms with Gasteiger partial charge in [-0.25, -0.2) is 0 Å². The second-order valence-corrected chi connectivity index (χ2v) is 8.16. The highest BCUT2D eigenvalue weighted by atomic mass is 35.5. The molecule has 1 fully saturated rings. The molecule has 0 bridgehead atoms. The standard InChI is InChI=1S/C15H17ClF3NO3S/c1-7-4-14(5-8(2)20(7)13(22)15(17,18)19)12-9(3-11(16)24-12)10(21)6-23-14/h3,7-8,10,21H,4-6H2,1-2H3. The van der Waals surface area contributed by atoms with E-state index in [9.17, 15) is 23.1 Å². The summed E-state index contributed by atoms with van der Waals surface area (Å²) in [5, 5.41) is 10.1. The third kappa shape index (κ3) is 2.83. The molecule has 2 aliphatic heterocycles. The fourth-order valence-electron chi connectivity index (χ4n) is 3.89. The molecule has 1 aromatic heterocycles. The van der Waals surface area contributed by atoms with E-state index in [1.807, 2.05) is 0 Å². The molecule has 3 atom stereocenters. The number of amides is 1. The number of carbonyl (C=O) groups is 1. The summed E-state index contributed by atoms with van der Waals surface area (Å²) in [4.78, 5) is 13.4. The van der Waals surface area contributed by atoms with Crippen molar-refractivity contribution < 1.29 is 27.8 Å². The molecule has 0 radical (unpaired) electrons. The van der Waals surface area contributed by atoms with Gasteiger partial charge in [0.15, 0.2) is 0 Å². The number of aliphatic hydroxyl groups excluding tert-OH is 1. The molecule has 3 rings (SSSR count). The van der Waals surface area contributed by atoms with Crippen LogP contribution in [0.2, 0.25) is 4.34 Å². The van der Waals surface area contributed by atoms with Crippen LogP contribution in [-0.4, -0.2) is 40.8 Å². The van der Waals surface area contributed by atoms with Crippen LogP contribution in [0, 0.1) is 0 Å². The van der Waals surface area contributed by atoms with Gasteiger partial charge in [0.1, 0.15) is 11.7 Å². The van der Waals surface area contributed by atoms with E-state index in [-0.39, 0.29) is 19.4 Å². The van der Waals surface area contributed by atoms with Crippen molar-refractivity contribution in [2.45, 2.75) is 56.7 Å². The number of thiophene rings is 1. The SMILES string of the molecule is CC1CC2(CC(C)N1C(=O)C(F)(F)F)OCC(O)c1cc(Cl)sc12. The zero-order chi connectivity index (χ0) is 17.9. The van der Waals surface area contributed by atoms with Crippen LogP contribution < -0.4 is 0 Å². The lowest BCUT2D eigenvalue weighted by Crippen LogP contribution is -2.59. The number of rotatable bonds is 0. The molecule has 1 amide bonds. The number of hydrogen-bond donors (Lipinski definition) is 1. The van der Waals surface area contributed by atoms with Gasteiger partial charge in [0, 0.05) is 35.4 Å². The summed E-state index contributed by atoms with van der Waals surface area (Å²) in [7, 11) is 0. The number of nitrogens with zero attached hydrogens (tertiary/aromatic N) is 1. The van der Waals surface area contributed by atoms with Gasteiger partial charge >= 0.3 is 12.1 Å². The highest BCUT2D eigenvalue weighted by Gasteiger charge is 2.54. The van der Waals surface area contributed by atoms with Crippen molar-refractivity contribution in [2.75, 3.05) is 6.61 Å². The average Bonchev–Trinajstić information content (AvgIpc) is 2.85. The van der Waals surface area contributed by atoms with E-state index in [0.717, 1.165) is 9.78 Å². The summed E-state index contributed by atoms with van der Waals surface area (Å²) < 4.78 is 44.9. The van der Waals surface area contributed by atoms with Gasteiger partial charge in [-0.05, 0) is 19.9 Å². The van der Waals surface area contributed by atoms with Crippen LogP contribution in [0.4, 0.5) is 13.2 Å². The van der Waals surface area contributed by atoms with Gasteiger partial charge < -0.3 is 14.7 Å². The van der Waals surface area contributed by atoms with E-state index >= 15 is 0 Å². The van der Waals surface area contributed by atoms with Gasteiger partial charge in [0.05, 0.1) is 10.9 Å². The predicted molar refractivity (Wildman–Crippen MR) is 83.0 cm³/mol. The molecule has 0 aromatic carbocycles. The number of alkyl halides is 3. The Morgan fingerprint density at radius 2 is 2.00 bits per heavy atom. The molecular formula is C15H17ClF3NO3S. The Bertz CT molecular complexity index is 651. The summed E-state index contributed by atoms with van der Waals surface area (Å²) in [5.41, 5.74) is -0.139. The van der Waals surface area contributed by atoms with E-state index in [0.29, 0.717) is 9.90 Å². The third-order valence-electron chi connectivity index (χ3n) is 4.70. The molecular weight excluding hydrogens is 367 g/mol. The Hall–Kier alpha value is -0.830. The van der Waals surface area contributed by atoms with Crippen molar-refractivity contribution in [3.05, 3.63) is 20.8 Å². The van der Waals surface area contributed by atoms with Crippen molar-refractivity contribution in [1.29, 1.82) is 0 Å². The molecule has 1 aromatic rings. The van der Waals surface area contributed by atoms with Gasteiger partial charge in [-0.3, -0.25) is 4.79 Å². The van der Waals surface area contributed by atoms with Crippen LogP contribution in [0.1, 0.15) is 43.2 Å². The lowest BCUT2D eigenvalue weighted by molar-refractivity contribution is -0.202. The molecule has 134 valence electrons. The van der Waals surface area contributed by atoms with Gasteiger partial charge in [-0.2, -0.15) is 13.2 Å². The second kappa shape index (κ2) is 5.86. The fraction of sp³-hybridized carbons (Fsp3) is 0.667. The molecule has 1 N–H and O–H groups in total. The normalized spacial score (nSPS) is 33.6. The van der Waals surface area contributed by atoms with E-state index in [4.69, 9.17) is 16.3 Å². The molecule has 9 heteroatoms. The molecule has 1 spiro atoms. The zero-order valence-electron chi connectivity index (χ0n) is 13.1. The number of ether oxygens (including phenoxy) is 1. The molecule has 1 saturated heterocycles. The minimum atomic E-state index is -4.89. The van der Waals surface area contributed by atoms with Crippen molar-refractivity contribution in [3.8, 4) is 0 Å². The molecule has 3 heterocycles. The van der Waals surface area contributed by atoms with E-state index in [2.05, 4.69) is 0 Å². The predicted octanol–water partition coefficient (Wildman–Crippen LogP) is 3.62. The van der Waals surface area contributed by atoms with Crippen LogP contribution in [0.3, 0.4) is 0 Å². The Balaban J connectivity index is 1.94. The molecule has 0 aliphatic carbocycles. The first-order chi connectivity index (χ1) is 11.0. The summed E-state index contributed by atoms with van der Waals surface area (Å²) in [6.07, 6.45) is -5.23. The third-order valence-corrected chi connectivity index (χ3v) is 6.16. The topological polar surface area (TPSA) is 49.8 Å².